The number of pyridine rings is 1. The van der Waals surface area contributed by atoms with Crippen molar-refractivity contribution in [1.82, 2.24) is 4.98 Å². The lowest BCUT2D eigenvalue weighted by Gasteiger charge is -1.97. The fourth-order valence-corrected chi connectivity index (χ4v) is 1.99. The number of benzene rings is 1. The van der Waals surface area contributed by atoms with E-state index in [0.717, 1.165) is 0 Å². The summed E-state index contributed by atoms with van der Waals surface area (Å²) in [5, 5.41) is 10.7. The number of non-ortho nitro benzene ring substituents is 1. The minimum Gasteiger partial charge on any atom is -0.288 e. The molecule has 82 valence electrons. The zero-order valence-corrected chi connectivity index (χ0v) is 8.58. The van der Waals surface area contributed by atoms with E-state index >= 15 is 0 Å². The van der Waals surface area contributed by atoms with Gasteiger partial charge in [-0.3, -0.25) is 19.9 Å². The van der Waals surface area contributed by atoms with Gasteiger partial charge in [-0.05, 0) is 18.2 Å². The second kappa shape index (κ2) is 3.21. The lowest BCUT2D eigenvalue weighted by Crippen LogP contribution is -1.96. The molecule has 0 saturated heterocycles. The van der Waals surface area contributed by atoms with Gasteiger partial charge in [0.1, 0.15) is 0 Å². The number of hydrogen-bond acceptors (Lipinski definition) is 4. The Kier molecular flexibility index (Phi) is 1.82. The van der Waals surface area contributed by atoms with Gasteiger partial charge < -0.3 is 0 Å². The standard InChI is InChI=1S/C12H6N2O3/c15-12-9-2-1-5-13-11(9)8-4-3-7(14(16)17)6-10(8)12/h1-6H. The first-order valence-electron chi connectivity index (χ1n) is 4.97. The highest BCUT2D eigenvalue weighted by Gasteiger charge is 2.29. The third-order valence-corrected chi connectivity index (χ3v) is 2.77. The fourth-order valence-electron chi connectivity index (χ4n) is 1.99. The van der Waals surface area contributed by atoms with E-state index in [0.29, 0.717) is 22.4 Å². The summed E-state index contributed by atoms with van der Waals surface area (Å²) in [5.74, 6) is -0.202. The van der Waals surface area contributed by atoms with Gasteiger partial charge in [0.15, 0.2) is 5.78 Å². The third-order valence-electron chi connectivity index (χ3n) is 2.77. The van der Waals surface area contributed by atoms with Gasteiger partial charge >= 0.3 is 0 Å². The summed E-state index contributed by atoms with van der Waals surface area (Å²) in [4.78, 5) is 26.3. The van der Waals surface area contributed by atoms with Crippen LogP contribution in [0.1, 0.15) is 15.9 Å². The second-order valence-corrected chi connectivity index (χ2v) is 3.72. The Balaban J connectivity index is 2.28. The van der Waals surface area contributed by atoms with E-state index in [2.05, 4.69) is 4.98 Å². The molecule has 1 heterocycles. The minimum absolute atomic E-state index is 0.0788. The number of rotatable bonds is 1. The van der Waals surface area contributed by atoms with Crippen molar-refractivity contribution in [2.24, 2.45) is 0 Å². The van der Waals surface area contributed by atoms with E-state index in [1.165, 1.54) is 12.1 Å². The molecule has 0 amide bonds. The lowest BCUT2D eigenvalue weighted by molar-refractivity contribution is -0.384. The van der Waals surface area contributed by atoms with E-state index < -0.39 is 4.92 Å². The van der Waals surface area contributed by atoms with Gasteiger partial charge in [0.05, 0.1) is 10.6 Å². The van der Waals surface area contributed by atoms with Gasteiger partial charge in [-0.2, -0.15) is 0 Å². The normalized spacial score (nSPS) is 12.1. The first-order chi connectivity index (χ1) is 8.18. The summed E-state index contributed by atoms with van der Waals surface area (Å²) < 4.78 is 0. The molecule has 1 aliphatic rings. The Labute approximate surface area is 95.9 Å². The highest BCUT2D eigenvalue weighted by atomic mass is 16.6. The number of ketones is 1. The number of nitro groups is 1. The molecule has 0 spiro atoms. The Bertz CT molecular complexity index is 665. The molecule has 3 rings (SSSR count). The van der Waals surface area contributed by atoms with Crippen LogP contribution >= 0.6 is 0 Å². The predicted octanol–water partition coefficient (Wildman–Crippen LogP) is 2.20. The Morgan fingerprint density at radius 1 is 1.12 bits per heavy atom. The molecule has 5 nitrogen and oxygen atoms in total. The molecule has 1 aromatic carbocycles. The molecule has 1 aromatic heterocycles. The van der Waals surface area contributed by atoms with Gasteiger partial charge in [0.2, 0.25) is 0 Å². The first-order valence-corrected chi connectivity index (χ1v) is 4.97. The number of nitro benzene ring substituents is 1. The lowest BCUT2D eigenvalue weighted by atomic mass is 10.1. The van der Waals surface area contributed by atoms with E-state index in [1.54, 1.807) is 24.4 Å². The SMILES string of the molecule is O=C1c2cc([N+](=O)[O-])ccc2-c2ncccc21. The number of aromatic nitrogens is 1. The molecule has 0 N–H and O–H groups in total. The number of carbonyl (C=O) groups excluding carboxylic acids is 1. The van der Waals surface area contributed by atoms with Crippen LogP contribution in [0.2, 0.25) is 0 Å². The van der Waals surface area contributed by atoms with Crippen molar-refractivity contribution >= 4 is 11.5 Å². The topological polar surface area (TPSA) is 73.1 Å². The number of carbonyl (C=O) groups is 1. The summed E-state index contributed by atoms with van der Waals surface area (Å²) >= 11 is 0. The quantitative estimate of drug-likeness (QED) is 0.471. The summed E-state index contributed by atoms with van der Waals surface area (Å²) in [6, 6.07) is 7.62. The molecule has 1 aliphatic carbocycles. The second-order valence-electron chi connectivity index (χ2n) is 3.72. The number of nitrogens with zero attached hydrogens (tertiary/aromatic N) is 2. The fraction of sp³-hybridized carbons (Fsp3) is 0. The number of hydrogen-bond donors (Lipinski definition) is 0. The van der Waals surface area contributed by atoms with Crippen molar-refractivity contribution in [1.29, 1.82) is 0 Å². The van der Waals surface area contributed by atoms with Crippen LogP contribution in [0, 0.1) is 10.1 Å². The zero-order chi connectivity index (χ0) is 12.0. The predicted molar refractivity (Wildman–Crippen MR) is 59.8 cm³/mol. The van der Waals surface area contributed by atoms with E-state index in [9.17, 15) is 14.9 Å². The molecule has 0 unspecified atom stereocenters. The Morgan fingerprint density at radius 3 is 2.71 bits per heavy atom. The van der Waals surface area contributed by atoms with Crippen molar-refractivity contribution in [3.05, 3.63) is 57.8 Å². The van der Waals surface area contributed by atoms with Crippen molar-refractivity contribution < 1.29 is 9.72 Å². The van der Waals surface area contributed by atoms with Gasteiger partial charge in [-0.15, -0.1) is 0 Å². The maximum atomic E-state index is 12.0. The third kappa shape index (κ3) is 1.25. The van der Waals surface area contributed by atoms with Gasteiger partial charge in [0.25, 0.3) is 5.69 Å². The molecule has 0 radical (unpaired) electrons. The zero-order valence-electron chi connectivity index (χ0n) is 8.58. The molecule has 17 heavy (non-hydrogen) atoms. The van der Waals surface area contributed by atoms with Crippen molar-refractivity contribution in [2.75, 3.05) is 0 Å². The average Bonchev–Trinajstić information content (AvgIpc) is 2.64. The highest BCUT2D eigenvalue weighted by Crippen LogP contribution is 2.36. The number of fused-ring (bicyclic) bond motifs is 3. The molecule has 5 heteroatoms. The molecule has 0 bridgehead atoms. The largest absolute Gasteiger partial charge is 0.288 e. The maximum absolute atomic E-state index is 12.0. The maximum Gasteiger partial charge on any atom is 0.270 e. The van der Waals surface area contributed by atoms with E-state index in [-0.39, 0.29) is 11.5 Å². The van der Waals surface area contributed by atoms with Crippen LogP contribution < -0.4 is 0 Å². The van der Waals surface area contributed by atoms with Crippen LogP contribution in [0.15, 0.2) is 36.5 Å². The summed E-state index contributed by atoms with van der Waals surface area (Å²) in [5.41, 5.74) is 2.04. The van der Waals surface area contributed by atoms with Crippen LogP contribution in [0.3, 0.4) is 0 Å². The summed E-state index contributed by atoms with van der Waals surface area (Å²) in [6.45, 7) is 0. The van der Waals surface area contributed by atoms with E-state index in [4.69, 9.17) is 0 Å². The molecule has 0 atom stereocenters. The van der Waals surface area contributed by atoms with Crippen LogP contribution in [-0.4, -0.2) is 15.7 Å². The van der Waals surface area contributed by atoms with Crippen LogP contribution in [0.4, 0.5) is 5.69 Å². The minimum atomic E-state index is -0.510. The smallest absolute Gasteiger partial charge is 0.270 e. The Morgan fingerprint density at radius 2 is 1.94 bits per heavy atom. The molecule has 0 aliphatic heterocycles. The van der Waals surface area contributed by atoms with Crippen LogP contribution in [0.25, 0.3) is 11.3 Å². The molecular weight excluding hydrogens is 220 g/mol. The Hall–Kier alpha value is -2.56. The van der Waals surface area contributed by atoms with Gasteiger partial charge in [-0.1, -0.05) is 0 Å². The molecule has 0 fully saturated rings. The van der Waals surface area contributed by atoms with E-state index in [1.807, 2.05) is 0 Å². The molecule has 0 saturated carbocycles. The van der Waals surface area contributed by atoms with Crippen molar-refractivity contribution in [3.63, 3.8) is 0 Å². The van der Waals surface area contributed by atoms with Crippen molar-refractivity contribution in [2.45, 2.75) is 0 Å². The van der Waals surface area contributed by atoms with Crippen LogP contribution in [-0.2, 0) is 0 Å². The summed E-state index contributed by atoms with van der Waals surface area (Å²) in [7, 11) is 0. The monoisotopic (exact) mass is 226 g/mol. The molecule has 2 aromatic rings. The highest BCUT2D eigenvalue weighted by molar-refractivity contribution is 6.21. The molecular formula is C12H6N2O3. The van der Waals surface area contributed by atoms with Gasteiger partial charge in [0, 0.05) is 35.0 Å². The first kappa shape index (κ1) is 9.65. The van der Waals surface area contributed by atoms with Crippen LogP contribution in [0.5, 0.6) is 0 Å². The van der Waals surface area contributed by atoms with Gasteiger partial charge in [-0.25, -0.2) is 0 Å². The summed E-state index contributed by atoms with van der Waals surface area (Å²) in [6.07, 6.45) is 1.60. The van der Waals surface area contributed by atoms with Crippen molar-refractivity contribution in [3.8, 4) is 11.3 Å². The average molecular weight is 226 g/mol.